The van der Waals surface area contributed by atoms with Gasteiger partial charge in [-0.2, -0.15) is 0 Å². The zero-order valence-electron chi connectivity index (χ0n) is 19.9. The highest BCUT2D eigenvalue weighted by Gasteiger charge is 2.31. The molecule has 0 aliphatic carbocycles. The summed E-state index contributed by atoms with van der Waals surface area (Å²) in [6.45, 7) is 14.2. The van der Waals surface area contributed by atoms with Crippen LogP contribution in [0.3, 0.4) is 0 Å². The van der Waals surface area contributed by atoms with Gasteiger partial charge in [0.1, 0.15) is 0 Å². The molecule has 0 spiro atoms. The van der Waals surface area contributed by atoms with Gasteiger partial charge in [0.25, 0.3) is 0 Å². The quantitative estimate of drug-likeness (QED) is 0.399. The zero-order chi connectivity index (χ0) is 23.6. The van der Waals surface area contributed by atoms with Crippen LogP contribution >= 0.6 is 8.15 Å². The Labute approximate surface area is 192 Å². The van der Waals surface area contributed by atoms with Crippen LogP contribution < -0.4 is 5.30 Å². The molecular formula is C28H31O3P. The molecule has 32 heavy (non-hydrogen) atoms. The molecule has 3 nitrogen and oxygen atoms in total. The van der Waals surface area contributed by atoms with Crippen LogP contribution in [-0.4, -0.2) is 11.5 Å². The third-order valence-electron chi connectivity index (χ3n) is 5.65. The molecule has 0 aliphatic rings. The lowest BCUT2D eigenvalue weighted by Gasteiger charge is -2.24. The number of benzene rings is 3. The van der Waals surface area contributed by atoms with Crippen molar-refractivity contribution in [1.82, 2.24) is 0 Å². The maximum atomic E-state index is 13.8. The zero-order valence-corrected chi connectivity index (χ0v) is 20.8. The minimum absolute atomic E-state index is 0.0178. The molecule has 0 saturated heterocycles. The molecule has 3 aromatic carbocycles. The normalized spacial score (nSPS) is 12.3. The van der Waals surface area contributed by atoms with Gasteiger partial charge in [0.15, 0.2) is 8.15 Å². The predicted octanol–water partition coefficient (Wildman–Crippen LogP) is 6.94. The van der Waals surface area contributed by atoms with Crippen LogP contribution in [0.15, 0.2) is 60.7 Å². The van der Waals surface area contributed by atoms with Gasteiger partial charge >= 0.3 is 5.97 Å². The van der Waals surface area contributed by atoms with Crippen molar-refractivity contribution in [3.63, 3.8) is 0 Å². The molecule has 0 fully saturated rings. The van der Waals surface area contributed by atoms with Gasteiger partial charge in [-0.05, 0) is 60.9 Å². The van der Waals surface area contributed by atoms with Gasteiger partial charge in [-0.15, -0.1) is 0 Å². The number of aryl methyl sites for hydroxylation is 4. The standard InChI is InChI=1S/C28H31O3P/c1-18-12-11-13-19(2)24(18)26(29)31-32(23-14-9-8-10-15-23)27(30)25-20(3)16-22(17-21(25)4)28(5,6)7/h8-17H,1-7H3. The van der Waals surface area contributed by atoms with Crippen molar-refractivity contribution in [3.05, 3.63) is 99.6 Å². The van der Waals surface area contributed by atoms with E-state index >= 15 is 0 Å². The van der Waals surface area contributed by atoms with Crippen molar-refractivity contribution in [2.45, 2.75) is 53.9 Å². The number of carbonyl (C=O) groups excluding carboxylic acids is 2. The summed E-state index contributed by atoms with van der Waals surface area (Å²) in [6, 6.07) is 19.2. The van der Waals surface area contributed by atoms with E-state index in [1.54, 1.807) is 0 Å². The molecule has 0 saturated carbocycles. The van der Waals surface area contributed by atoms with Gasteiger partial charge in [-0.25, -0.2) is 4.79 Å². The molecule has 1 atom stereocenters. The summed E-state index contributed by atoms with van der Waals surface area (Å²) in [4.78, 5) is 27.0. The maximum Gasteiger partial charge on any atom is 0.342 e. The first-order chi connectivity index (χ1) is 15.0. The Morgan fingerprint density at radius 2 is 1.25 bits per heavy atom. The molecule has 4 heteroatoms. The van der Waals surface area contributed by atoms with E-state index in [1.165, 1.54) is 5.56 Å². The second kappa shape index (κ2) is 9.38. The molecule has 0 N–H and O–H groups in total. The van der Waals surface area contributed by atoms with E-state index in [-0.39, 0.29) is 10.9 Å². The van der Waals surface area contributed by atoms with E-state index in [4.69, 9.17) is 4.52 Å². The Bertz CT molecular complexity index is 1110. The molecule has 0 bridgehead atoms. The van der Waals surface area contributed by atoms with E-state index in [1.807, 2.05) is 76.2 Å². The first-order valence-electron chi connectivity index (χ1n) is 10.8. The van der Waals surface area contributed by atoms with E-state index in [0.29, 0.717) is 11.1 Å². The van der Waals surface area contributed by atoms with Crippen molar-refractivity contribution in [2.24, 2.45) is 0 Å². The molecule has 0 radical (unpaired) electrons. The van der Waals surface area contributed by atoms with Crippen LogP contribution in [0.1, 0.15) is 69.3 Å². The first kappa shape index (κ1) is 23.9. The fourth-order valence-corrected chi connectivity index (χ4v) is 5.55. The Kier molecular flexibility index (Phi) is 7.00. The summed E-state index contributed by atoms with van der Waals surface area (Å²) >= 11 is 0. The van der Waals surface area contributed by atoms with Crippen molar-refractivity contribution in [1.29, 1.82) is 0 Å². The Morgan fingerprint density at radius 1 is 0.719 bits per heavy atom. The number of hydrogen-bond donors (Lipinski definition) is 0. The fraction of sp³-hybridized carbons (Fsp3) is 0.286. The minimum atomic E-state index is -1.84. The fourth-order valence-electron chi connectivity index (χ4n) is 3.88. The van der Waals surface area contributed by atoms with E-state index in [2.05, 4.69) is 32.9 Å². The largest absolute Gasteiger partial charge is 0.428 e. The molecule has 3 aromatic rings. The lowest BCUT2D eigenvalue weighted by atomic mass is 9.84. The summed E-state index contributed by atoms with van der Waals surface area (Å²) in [5, 5.41) is 0.728. The topological polar surface area (TPSA) is 43.4 Å². The second-order valence-corrected chi connectivity index (χ2v) is 11.0. The summed E-state index contributed by atoms with van der Waals surface area (Å²) in [6.07, 6.45) is 0. The minimum Gasteiger partial charge on any atom is -0.428 e. The summed E-state index contributed by atoms with van der Waals surface area (Å²) in [7, 11) is -1.84. The van der Waals surface area contributed by atoms with Crippen LogP contribution in [0.25, 0.3) is 0 Å². The van der Waals surface area contributed by atoms with Crippen LogP contribution in [0.4, 0.5) is 0 Å². The van der Waals surface area contributed by atoms with Crippen molar-refractivity contribution >= 4 is 24.9 Å². The number of carbonyl (C=O) groups is 2. The van der Waals surface area contributed by atoms with E-state index < -0.39 is 14.1 Å². The van der Waals surface area contributed by atoms with Gasteiger partial charge in [0.05, 0.1) is 5.56 Å². The maximum absolute atomic E-state index is 13.8. The summed E-state index contributed by atoms with van der Waals surface area (Å²) < 4.78 is 5.98. The molecular weight excluding hydrogens is 415 g/mol. The number of rotatable bonds is 5. The van der Waals surface area contributed by atoms with Crippen molar-refractivity contribution in [2.75, 3.05) is 0 Å². The van der Waals surface area contributed by atoms with Crippen molar-refractivity contribution in [3.8, 4) is 0 Å². The smallest absolute Gasteiger partial charge is 0.342 e. The summed E-state index contributed by atoms with van der Waals surface area (Å²) in [5.74, 6) is -0.453. The van der Waals surface area contributed by atoms with Gasteiger partial charge in [0, 0.05) is 10.9 Å². The second-order valence-electron chi connectivity index (χ2n) is 9.32. The van der Waals surface area contributed by atoms with Gasteiger partial charge in [-0.1, -0.05) is 81.4 Å². The predicted molar refractivity (Wildman–Crippen MR) is 133 cm³/mol. The van der Waals surface area contributed by atoms with Crippen LogP contribution in [0.5, 0.6) is 0 Å². The molecule has 166 valence electrons. The average molecular weight is 447 g/mol. The monoisotopic (exact) mass is 446 g/mol. The van der Waals surface area contributed by atoms with E-state index in [0.717, 1.165) is 27.6 Å². The van der Waals surface area contributed by atoms with E-state index in [9.17, 15) is 9.59 Å². The highest BCUT2D eigenvalue weighted by Crippen LogP contribution is 2.43. The molecule has 1 unspecified atom stereocenters. The third-order valence-corrected chi connectivity index (χ3v) is 7.36. The molecule has 0 amide bonds. The highest BCUT2D eigenvalue weighted by atomic mass is 31.1. The SMILES string of the molecule is Cc1cccc(C)c1C(=O)OP(C(=O)c1c(C)cc(C(C)(C)C)cc1C)c1ccccc1. The molecule has 0 aromatic heterocycles. The number of hydrogen-bond acceptors (Lipinski definition) is 3. The van der Waals surface area contributed by atoms with Gasteiger partial charge < -0.3 is 4.52 Å². The molecule has 3 rings (SSSR count). The first-order valence-corrected chi connectivity index (χ1v) is 12.1. The lowest BCUT2D eigenvalue weighted by molar-refractivity contribution is 0.0746. The summed E-state index contributed by atoms with van der Waals surface area (Å²) in [5.41, 5.74) is 5.69. The molecule has 0 heterocycles. The Morgan fingerprint density at radius 3 is 1.75 bits per heavy atom. The van der Waals surface area contributed by atoms with Crippen LogP contribution in [0.2, 0.25) is 0 Å². The van der Waals surface area contributed by atoms with Gasteiger partial charge in [0.2, 0.25) is 5.52 Å². The lowest BCUT2D eigenvalue weighted by Crippen LogP contribution is -2.18. The molecule has 0 aliphatic heterocycles. The Balaban J connectivity index is 2.06. The highest BCUT2D eigenvalue weighted by molar-refractivity contribution is 7.78. The van der Waals surface area contributed by atoms with Crippen LogP contribution in [0, 0.1) is 27.7 Å². The average Bonchev–Trinajstić information content (AvgIpc) is 2.71. The van der Waals surface area contributed by atoms with Crippen molar-refractivity contribution < 1.29 is 14.1 Å². The van der Waals surface area contributed by atoms with Gasteiger partial charge in [-0.3, -0.25) is 4.79 Å². The Hall–Kier alpha value is -2.77. The van der Waals surface area contributed by atoms with Crippen LogP contribution in [-0.2, 0) is 9.94 Å². The third kappa shape index (κ3) is 5.00.